The van der Waals surface area contributed by atoms with Crippen LogP contribution in [0.25, 0.3) is 33.4 Å². The number of benzene rings is 6. The maximum atomic E-state index is 6.53. The van der Waals surface area contributed by atoms with Gasteiger partial charge in [0.25, 0.3) is 0 Å². The van der Waals surface area contributed by atoms with Crippen LogP contribution in [0.3, 0.4) is 0 Å². The fraction of sp³-hybridized carbons (Fsp3) is 0.368. The summed E-state index contributed by atoms with van der Waals surface area (Å²) >= 11 is 0. The van der Waals surface area contributed by atoms with E-state index in [1.54, 1.807) is 0 Å². The smallest absolute Gasteiger partial charge is 0.399 e. The topological polar surface area (TPSA) is 40.2 Å². The van der Waals surface area contributed by atoms with E-state index in [2.05, 4.69) is 216 Å². The van der Waals surface area contributed by atoms with Gasteiger partial charge >= 0.3 is 14.2 Å². The zero-order chi connectivity index (χ0) is 45.4. The molecule has 2 saturated heterocycles. The van der Waals surface area contributed by atoms with Crippen LogP contribution in [0.5, 0.6) is 0 Å². The molecule has 0 saturated carbocycles. The largest absolute Gasteiger partial charge is 0.494 e. The van der Waals surface area contributed by atoms with Crippen LogP contribution in [0.1, 0.15) is 124 Å². The first kappa shape index (κ1) is 43.0. The summed E-state index contributed by atoms with van der Waals surface area (Å²) in [5.74, 6) is 0. The van der Waals surface area contributed by atoms with Gasteiger partial charge in [0.15, 0.2) is 0 Å². The Bertz CT molecular complexity index is 2640. The van der Waals surface area contributed by atoms with Crippen LogP contribution >= 0.6 is 0 Å². The van der Waals surface area contributed by atoms with E-state index in [-0.39, 0.29) is 10.8 Å². The Morgan fingerprint density at radius 2 is 0.719 bits per heavy atom. The third-order valence-electron chi connectivity index (χ3n) is 15.9. The summed E-state index contributed by atoms with van der Waals surface area (Å²) in [6.07, 6.45) is 2.24. The van der Waals surface area contributed by atoms with Crippen LogP contribution in [0.15, 0.2) is 121 Å². The minimum atomic E-state index is -0.413. The Kier molecular flexibility index (Phi) is 9.77. The van der Waals surface area contributed by atoms with Gasteiger partial charge in [0.2, 0.25) is 0 Å². The fourth-order valence-electron chi connectivity index (χ4n) is 10.4. The Morgan fingerprint density at radius 3 is 1.09 bits per heavy atom. The molecule has 0 N–H and O–H groups in total. The fourth-order valence-corrected chi connectivity index (χ4v) is 10.4. The predicted octanol–water partition coefficient (Wildman–Crippen LogP) is 13.0. The number of anilines is 3. The lowest BCUT2D eigenvalue weighted by atomic mass is 9.74. The molecule has 2 fully saturated rings. The second-order valence-electron chi connectivity index (χ2n) is 21.8. The Hall–Kier alpha value is -4.91. The molecule has 2 aliphatic carbocycles. The molecule has 2 aliphatic heterocycles. The molecule has 326 valence electrons. The molecule has 0 amide bonds. The summed E-state index contributed by atoms with van der Waals surface area (Å²) in [4.78, 5) is 2.44. The van der Waals surface area contributed by atoms with Gasteiger partial charge in [0.1, 0.15) is 0 Å². The van der Waals surface area contributed by atoms with E-state index in [0.717, 1.165) is 40.8 Å². The minimum Gasteiger partial charge on any atom is -0.399 e. The minimum absolute atomic E-state index is 0.254. The number of fused-ring (bicyclic) bond motifs is 6. The van der Waals surface area contributed by atoms with Crippen molar-refractivity contribution in [3.8, 4) is 33.4 Å². The highest BCUT2D eigenvalue weighted by atomic mass is 16.7. The van der Waals surface area contributed by atoms with Crippen LogP contribution in [0.4, 0.5) is 17.1 Å². The molecule has 6 aromatic carbocycles. The lowest BCUT2D eigenvalue weighted by molar-refractivity contribution is 0.00578. The predicted molar refractivity (Wildman–Crippen MR) is 267 cm³/mol. The van der Waals surface area contributed by atoms with Gasteiger partial charge in [0.05, 0.1) is 22.4 Å². The number of aryl methyl sites for hydroxylation is 1. The van der Waals surface area contributed by atoms with Crippen LogP contribution < -0.4 is 15.8 Å². The van der Waals surface area contributed by atoms with Crippen molar-refractivity contribution in [3.05, 3.63) is 149 Å². The molecule has 2 heterocycles. The average Bonchev–Trinajstić information content (AvgIpc) is 3.81. The summed E-state index contributed by atoms with van der Waals surface area (Å²) in [6, 6.07) is 45.8. The van der Waals surface area contributed by atoms with Crippen LogP contribution in [0.2, 0.25) is 0 Å². The SMILES string of the molecule is CCCc1ccc(-c2ccc(N(c3ccc4c(c3)C(C)(C)c3cc(B5OC(C)(C)C(C)(C)O5)ccc3-4)c3ccc4c(c3)C(C)(C)c3cc(B5OC(C)(C)C(C)(C)O5)ccc3-4)cc2)cc1. The summed E-state index contributed by atoms with van der Waals surface area (Å²) in [7, 11) is -0.827. The second kappa shape index (κ2) is 14.5. The summed E-state index contributed by atoms with van der Waals surface area (Å²) in [5, 5.41) is 0. The molecule has 64 heavy (non-hydrogen) atoms. The van der Waals surface area contributed by atoms with Crippen molar-refractivity contribution in [1.82, 2.24) is 0 Å². The van der Waals surface area contributed by atoms with Crippen LogP contribution in [-0.4, -0.2) is 36.6 Å². The van der Waals surface area contributed by atoms with Gasteiger partial charge in [0, 0.05) is 27.9 Å². The van der Waals surface area contributed by atoms with Crippen molar-refractivity contribution in [3.63, 3.8) is 0 Å². The highest BCUT2D eigenvalue weighted by Crippen LogP contribution is 2.53. The first-order chi connectivity index (χ1) is 30.1. The van der Waals surface area contributed by atoms with Gasteiger partial charge in [-0.3, -0.25) is 0 Å². The normalized spacial score (nSPS) is 19.9. The number of rotatable bonds is 8. The van der Waals surface area contributed by atoms with Crippen molar-refractivity contribution >= 4 is 42.2 Å². The van der Waals surface area contributed by atoms with E-state index in [0.29, 0.717) is 0 Å². The molecule has 6 aromatic rings. The lowest BCUT2D eigenvalue weighted by Crippen LogP contribution is -2.41. The van der Waals surface area contributed by atoms with E-state index in [9.17, 15) is 0 Å². The second-order valence-corrected chi connectivity index (χ2v) is 21.8. The lowest BCUT2D eigenvalue weighted by Gasteiger charge is -2.32. The number of hydrogen-bond acceptors (Lipinski definition) is 5. The van der Waals surface area contributed by atoms with E-state index >= 15 is 0 Å². The molecule has 5 nitrogen and oxygen atoms in total. The van der Waals surface area contributed by atoms with Crippen molar-refractivity contribution in [2.24, 2.45) is 0 Å². The van der Waals surface area contributed by atoms with Gasteiger partial charge in [-0.1, -0.05) is 126 Å². The van der Waals surface area contributed by atoms with Crippen molar-refractivity contribution in [2.75, 3.05) is 4.90 Å². The Labute approximate surface area is 382 Å². The molecule has 10 rings (SSSR count). The third-order valence-corrected chi connectivity index (χ3v) is 15.9. The quantitative estimate of drug-likeness (QED) is 0.143. The molecule has 0 bridgehead atoms. The van der Waals surface area contributed by atoms with Gasteiger partial charge in [-0.05, 0) is 170 Å². The van der Waals surface area contributed by atoms with Crippen molar-refractivity contribution < 1.29 is 18.6 Å². The van der Waals surface area contributed by atoms with Crippen LogP contribution in [-0.2, 0) is 35.9 Å². The van der Waals surface area contributed by atoms with Gasteiger partial charge in [-0.25, -0.2) is 0 Å². The molecule has 7 heteroatoms. The Balaban J connectivity index is 1.04. The van der Waals surface area contributed by atoms with Gasteiger partial charge in [-0.2, -0.15) is 0 Å². The standard InChI is InChI=1S/C57H63B2NO4/c1-14-15-36-16-18-37(19-17-36)38-20-24-41(25-21-38)60(42-26-30-46-44-28-22-39(32-48(44)52(2,3)50(46)34-42)58-61-54(6,7)55(8,9)62-58)43-27-31-47-45-29-23-40(33-49(45)53(4,5)51(47)35-43)59-63-56(10,11)57(12,13)64-59/h16-35H,14-15H2,1-13H3. The molecular weight excluding hydrogens is 784 g/mol. The average molecular weight is 848 g/mol. The van der Waals surface area contributed by atoms with E-state index < -0.39 is 36.6 Å². The zero-order valence-corrected chi connectivity index (χ0v) is 40.2. The molecule has 0 atom stereocenters. The van der Waals surface area contributed by atoms with Gasteiger partial charge in [-0.15, -0.1) is 0 Å². The van der Waals surface area contributed by atoms with Crippen molar-refractivity contribution in [1.29, 1.82) is 0 Å². The molecule has 0 radical (unpaired) electrons. The first-order valence-electron chi connectivity index (χ1n) is 23.4. The monoisotopic (exact) mass is 847 g/mol. The zero-order valence-electron chi connectivity index (χ0n) is 40.2. The third kappa shape index (κ3) is 6.67. The van der Waals surface area contributed by atoms with Crippen LogP contribution in [0, 0.1) is 0 Å². The first-order valence-corrected chi connectivity index (χ1v) is 23.4. The Morgan fingerprint density at radius 1 is 0.391 bits per heavy atom. The highest BCUT2D eigenvalue weighted by molar-refractivity contribution is 6.62. The molecule has 4 aliphatic rings. The maximum absolute atomic E-state index is 6.53. The molecule has 0 unspecified atom stereocenters. The van der Waals surface area contributed by atoms with Crippen molar-refractivity contribution in [2.45, 2.75) is 136 Å². The summed E-state index contributed by atoms with van der Waals surface area (Å²) in [6.45, 7) is 28.6. The van der Waals surface area contributed by atoms with E-state index in [1.165, 1.54) is 61.2 Å². The molecular formula is C57H63B2NO4. The molecule has 0 aromatic heterocycles. The summed E-state index contributed by atoms with van der Waals surface area (Å²) in [5.41, 5.74) is 17.5. The number of hydrogen-bond donors (Lipinski definition) is 0. The summed E-state index contributed by atoms with van der Waals surface area (Å²) < 4.78 is 26.1. The molecule has 0 spiro atoms. The van der Waals surface area contributed by atoms with E-state index in [4.69, 9.17) is 18.6 Å². The van der Waals surface area contributed by atoms with E-state index in [1.807, 2.05) is 0 Å². The maximum Gasteiger partial charge on any atom is 0.494 e. The highest BCUT2D eigenvalue weighted by Gasteiger charge is 2.53. The van der Waals surface area contributed by atoms with Gasteiger partial charge < -0.3 is 23.5 Å². The number of nitrogens with zero attached hydrogens (tertiary/aromatic N) is 1.